The number of halogens is 1. The van der Waals surface area contributed by atoms with Crippen LogP contribution in [0.15, 0.2) is 30.3 Å². The van der Waals surface area contributed by atoms with Crippen LogP contribution >= 0.6 is 11.6 Å². The molecule has 0 aliphatic carbocycles. The fourth-order valence-electron chi connectivity index (χ4n) is 1.40. The average molecular weight is 209 g/mol. The Morgan fingerprint density at radius 3 is 2.29 bits per heavy atom. The summed E-state index contributed by atoms with van der Waals surface area (Å²) in [7, 11) is 0. The highest BCUT2D eigenvalue weighted by Gasteiger charge is 2.17. The molecule has 1 aromatic carbocycles. The molecule has 0 spiro atoms. The van der Waals surface area contributed by atoms with Crippen LogP contribution in [0, 0.1) is 11.3 Å². The van der Waals surface area contributed by atoms with E-state index in [1.807, 2.05) is 49.1 Å². The lowest BCUT2D eigenvalue weighted by Crippen LogP contribution is -2.36. The van der Waals surface area contributed by atoms with Gasteiger partial charge in [0.05, 0.1) is 6.07 Å². The molecule has 0 saturated carbocycles. The molecule has 2 nitrogen and oxygen atoms in total. The third-order valence-corrected chi connectivity index (χ3v) is 2.25. The zero-order valence-corrected chi connectivity index (χ0v) is 9.07. The Hall–Kier alpha value is -1.20. The van der Waals surface area contributed by atoms with Gasteiger partial charge in [0.1, 0.15) is 11.5 Å². The van der Waals surface area contributed by atoms with E-state index in [1.54, 1.807) is 0 Å². The zero-order chi connectivity index (χ0) is 10.6. The Morgan fingerprint density at radius 1 is 1.29 bits per heavy atom. The van der Waals surface area contributed by atoms with E-state index in [2.05, 4.69) is 6.07 Å². The normalized spacial score (nSPS) is 14.1. The first kappa shape index (κ1) is 10.9. The SMILES string of the molecule is CC(Cl)N(c1ccccc1)C(C)C#N. The van der Waals surface area contributed by atoms with Crippen LogP contribution in [0.1, 0.15) is 13.8 Å². The Bertz CT molecular complexity index is 316. The molecule has 0 aromatic heterocycles. The molecule has 2 unspecified atom stereocenters. The summed E-state index contributed by atoms with van der Waals surface area (Å²) in [5, 5.41) is 8.87. The Balaban J connectivity index is 2.96. The van der Waals surface area contributed by atoms with Crippen molar-refractivity contribution in [2.45, 2.75) is 25.4 Å². The Labute approximate surface area is 89.7 Å². The van der Waals surface area contributed by atoms with Crippen molar-refractivity contribution in [2.24, 2.45) is 0 Å². The van der Waals surface area contributed by atoms with Crippen molar-refractivity contribution < 1.29 is 0 Å². The van der Waals surface area contributed by atoms with Crippen LogP contribution in [0.5, 0.6) is 0 Å². The third kappa shape index (κ3) is 2.40. The summed E-state index contributed by atoms with van der Waals surface area (Å²) in [6.07, 6.45) is 0. The van der Waals surface area contributed by atoms with Crippen molar-refractivity contribution in [3.8, 4) is 6.07 Å². The van der Waals surface area contributed by atoms with Crippen LogP contribution in [0.4, 0.5) is 5.69 Å². The van der Waals surface area contributed by atoms with Crippen LogP contribution < -0.4 is 4.90 Å². The fraction of sp³-hybridized carbons (Fsp3) is 0.364. The minimum Gasteiger partial charge on any atom is -0.340 e. The summed E-state index contributed by atoms with van der Waals surface area (Å²) >= 11 is 6.03. The minimum atomic E-state index is -0.218. The van der Waals surface area contributed by atoms with Gasteiger partial charge in [-0.05, 0) is 26.0 Å². The van der Waals surface area contributed by atoms with Crippen LogP contribution in [0.3, 0.4) is 0 Å². The maximum atomic E-state index is 8.87. The molecule has 0 heterocycles. The number of alkyl halides is 1. The molecule has 0 fully saturated rings. The summed E-state index contributed by atoms with van der Waals surface area (Å²) in [6.45, 7) is 3.70. The van der Waals surface area contributed by atoms with Crippen molar-refractivity contribution in [3.63, 3.8) is 0 Å². The molecular formula is C11H13ClN2. The summed E-state index contributed by atoms with van der Waals surface area (Å²) < 4.78 is 0. The van der Waals surface area contributed by atoms with E-state index in [0.717, 1.165) is 5.69 Å². The first-order valence-electron chi connectivity index (χ1n) is 4.54. The van der Waals surface area contributed by atoms with E-state index < -0.39 is 0 Å². The van der Waals surface area contributed by atoms with Gasteiger partial charge in [-0.2, -0.15) is 5.26 Å². The third-order valence-electron chi connectivity index (χ3n) is 2.04. The number of hydrogen-bond acceptors (Lipinski definition) is 2. The molecule has 0 N–H and O–H groups in total. The van der Waals surface area contributed by atoms with Crippen LogP contribution in [0.2, 0.25) is 0 Å². The molecule has 0 bridgehead atoms. The number of benzene rings is 1. The molecule has 0 aliphatic rings. The first-order valence-corrected chi connectivity index (χ1v) is 4.97. The van der Waals surface area contributed by atoms with E-state index in [1.165, 1.54) is 0 Å². The molecule has 3 heteroatoms. The van der Waals surface area contributed by atoms with Gasteiger partial charge in [0.2, 0.25) is 0 Å². The number of nitriles is 1. The monoisotopic (exact) mass is 208 g/mol. The largest absolute Gasteiger partial charge is 0.340 e. The molecule has 1 aromatic rings. The summed E-state index contributed by atoms with van der Waals surface area (Å²) in [5.74, 6) is 0. The van der Waals surface area contributed by atoms with Crippen molar-refractivity contribution >= 4 is 17.3 Å². The summed E-state index contributed by atoms with van der Waals surface area (Å²) in [4.78, 5) is 1.88. The van der Waals surface area contributed by atoms with Crippen LogP contribution in [-0.2, 0) is 0 Å². The van der Waals surface area contributed by atoms with Gasteiger partial charge in [-0.1, -0.05) is 29.8 Å². The van der Waals surface area contributed by atoms with Gasteiger partial charge < -0.3 is 4.90 Å². The van der Waals surface area contributed by atoms with Crippen LogP contribution in [-0.4, -0.2) is 11.5 Å². The number of anilines is 1. The highest BCUT2D eigenvalue weighted by Crippen LogP contribution is 2.20. The van der Waals surface area contributed by atoms with Gasteiger partial charge in [-0.25, -0.2) is 0 Å². The average Bonchev–Trinajstić information content (AvgIpc) is 2.19. The maximum Gasteiger partial charge on any atom is 0.115 e. The molecule has 0 amide bonds. The molecule has 1 rings (SSSR count). The van der Waals surface area contributed by atoms with Gasteiger partial charge in [-0.15, -0.1) is 0 Å². The van der Waals surface area contributed by atoms with E-state index in [4.69, 9.17) is 16.9 Å². The van der Waals surface area contributed by atoms with Gasteiger partial charge in [-0.3, -0.25) is 0 Å². The number of para-hydroxylation sites is 1. The Kier molecular flexibility index (Phi) is 3.79. The molecule has 0 aliphatic heterocycles. The van der Waals surface area contributed by atoms with Gasteiger partial charge in [0, 0.05) is 5.69 Å². The zero-order valence-electron chi connectivity index (χ0n) is 8.31. The van der Waals surface area contributed by atoms with E-state index in [0.29, 0.717) is 0 Å². The summed E-state index contributed by atoms with van der Waals surface area (Å²) in [6, 6.07) is 11.7. The van der Waals surface area contributed by atoms with Gasteiger partial charge in [0.15, 0.2) is 0 Å². The fourth-order valence-corrected chi connectivity index (χ4v) is 1.68. The van der Waals surface area contributed by atoms with E-state index in [9.17, 15) is 0 Å². The summed E-state index contributed by atoms with van der Waals surface area (Å²) in [5.41, 5.74) is 0.788. The van der Waals surface area contributed by atoms with E-state index in [-0.39, 0.29) is 11.5 Å². The van der Waals surface area contributed by atoms with Gasteiger partial charge >= 0.3 is 0 Å². The smallest absolute Gasteiger partial charge is 0.115 e. The highest BCUT2D eigenvalue weighted by molar-refractivity contribution is 6.21. The topological polar surface area (TPSA) is 27.0 Å². The van der Waals surface area contributed by atoms with Gasteiger partial charge in [0.25, 0.3) is 0 Å². The minimum absolute atomic E-state index is 0.188. The number of hydrogen-bond donors (Lipinski definition) is 0. The van der Waals surface area contributed by atoms with Crippen molar-refractivity contribution in [3.05, 3.63) is 30.3 Å². The molecule has 0 saturated heterocycles. The second-order valence-corrected chi connectivity index (χ2v) is 3.75. The first-order chi connectivity index (χ1) is 6.66. The lowest BCUT2D eigenvalue weighted by Gasteiger charge is -2.29. The predicted molar refractivity (Wildman–Crippen MR) is 59.3 cm³/mol. The number of nitrogens with zero attached hydrogens (tertiary/aromatic N) is 2. The molecular weight excluding hydrogens is 196 g/mol. The predicted octanol–water partition coefficient (Wildman–Crippen LogP) is 2.99. The lowest BCUT2D eigenvalue weighted by atomic mass is 10.2. The quantitative estimate of drug-likeness (QED) is 0.564. The Morgan fingerprint density at radius 2 is 1.86 bits per heavy atom. The van der Waals surface area contributed by atoms with Crippen molar-refractivity contribution in [1.29, 1.82) is 5.26 Å². The maximum absolute atomic E-state index is 8.87. The van der Waals surface area contributed by atoms with Crippen molar-refractivity contribution in [2.75, 3.05) is 4.90 Å². The highest BCUT2D eigenvalue weighted by atomic mass is 35.5. The van der Waals surface area contributed by atoms with Crippen LogP contribution in [0.25, 0.3) is 0 Å². The molecule has 2 atom stereocenters. The number of rotatable bonds is 3. The molecule has 0 radical (unpaired) electrons. The molecule has 14 heavy (non-hydrogen) atoms. The standard InChI is InChI=1S/C11H13ClN2/c1-9(8-13)14(10(2)12)11-6-4-3-5-7-11/h3-7,9-10H,1-2H3. The van der Waals surface area contributed by atoms with Crippen molar-refractivity contribution in [1.82, 2.24) is 0 Å². The molecule has 74 valence electrons. The lowest BCUT2D eigenvalue weighted by molar-refractivity contribution is 0.730. The second-order valence-electron chi connectivity index (χ2n) is 3.12. The second kappa shape index (κ2) is 4.88. The van der Waals surface area contributed by atoms with E-state index >= 15 is 0 Å².